The first-order chi connectivity index (χ1) is 13.6. The molecule has 154 valence electrons. The van der Waals surface area contributed by atoms with E-state index in [0.29, 0.717) is 0 Å². The second-order valence-electron chi connectivity index (χ2n) is 7.59. The maximum absolute atomic E-state index is 6.07. The van der Waals surface area contributed by atoms with E-state index in [0.717, 1.165) is 62.2 Å². The number of aromatic nitrogens is 1. The quantitative estimate of drug-likeness (QED) is 0.655. The first-order valence-electron chi connectivity index (χ1n) is 10.3. The fourth-order valence-electron chi connectivity index (χ4n) is 3.52. The highest BCUT2D eigenvalue weighted by molar-refractivity contribution is 7.09. The molecule has 0 saturated carbocycles. The summed E-state index contributed by atoms with van der Waals surface area (Å²) in [6, 6.07) is 6.33. The molecule has 2 aromatic rings. The number of aryl methyl sites for hydroxylation is 1. The number of nitrogens with zero attached hydrogens (tertiary/aromatic N) is 3. The SMILES string of the molecule is CC[C@@H](C)Oc1cc(CN2CCCN(Cc3csc(C)n3)CC2)ccc1OC. The lowest BCUT2D eigenvalue weighted by Crippen LogP contribution is -2.30. The van der Waals surface area contributed by atoms with Gasteiger partial charge in [0.2, 0.25) is 0 Å². The van der Waals surface area contributed by atoms with Gasteiger partial charge >= 0.3 is 0 Å². The lowest BCUT2D eigenvalue weighted by molar-refractivity contribution is 0.206. The molecule has 1 aliphatic heterocycles. The molecule has 0 amide bonds. The standard InChI is InChI=1S/C22H33N3O2S/c1-5-17(2)27-22-13-19(7-8-21(22)26-4)14-24-9-6-10-25(12-11-24)15-20-16-28-18(3)23-20/h7-8,13,16-17H,5-6,9-12,14-15H2,1-4H3/t17-/m1/s1. The van der Waals surface area contributed by atoms with Crippen LogP contribution in [0, 0.1) is 6.92 Å². The minimum Gasteiger partial charge on any atom is -0.493 e. The zero-order valence-corrected chi connectivity index (χ0v) is 18.4. The number of thiazole rings is 1. The highest BCUT2D eigenvalue weighted by Gasteiger charge is 2.17. The van der Waals surface area contributed by atoms with Crippen LogP contribution in [0.3, 0.4) is 0 Å². The highest BCUT2D eigenvalue weighted by Crippen LogP contribution is 2.30. The maximum atomic E-state index is 6.07. The average Bonchev–Trinajstić information content (AvgIpc) is 2.97. The van der Waals surface area contributed by atoms with Crippen LogP contribution in [0.4, 0.5) is 0 Å². The third kappa shape index (κ3) is 5.93. The summed E-state index contributed by atoms with van der Waals surface area (Å²) >= 11 is 1.74. The molecule has 0 aliphatic carbocycles. The van der Waals surface area contributed by atoms with Crippen LogP contribution in [0.5, 0.6) is 11.5 Å². The Kier molecular flexibility index (Phi) is 7.71. The summed E-state index contributed by atoms with van der Waals surface area (Å²) in [6.45, 7) is 12.7. The van der Waals surface area contributed by atoms with E-state index in [4.69, 9.17) is 9.47 Å². The van der Waals surface area contributed by atoms with Gasteiger partial charge in [0, 0.05) is 31.6 Å². The fraction of sp³-hybridized carbons (Fsp3) is 0.591. The zero-order valence-electron chi connectivity index (χ0n) is 17.6. The van der Waals surface area contributed by atoms with E-state index in [2.05, 4.69) is 53.1 Å². The summed E-state index contributed by atoms with van der Waals surface area (Å²) in [7, 11) is 1.70. The Morgan fingerprint density at radius 3 is 2.50 bits per heavy atom. The lowest BCUT2D eigenvalue weighted by Gasteiger charge is -2.22. The largest absolute Gasteiger partial charge is 0.493 e. The third-order valence-corrected chi connectivity index (χ3v) is 6.09. The topological polar surface area (TPSA) is 37.8 Å². The first-order valence-corrected chi connectivity index (χ1v) is 11.1. The van der Waals surface area contributed by atoms with Gasteiger partial charge in [-0.25, -0.2) is 4.98 Å². The van der Waals surface area contributed by atoms with Gasteiger partial charge in [0.25, 0.3) is 0 Å². The van der Waals surface area contributed by atoms with Crippen molar-refractivity contribution in [1.82, 2.24) is 14.8 Å². The Bertz CT molecular complexity index is 749. The van der Waals surface area contributed by atoms with Gasteiger partial charge in [0.1, 0.15) is 0 Å². The molecule has 1 aromatic heterocycles. The average molecular weight is 404 g/mol. The van der Waals surface area contributed by atoms with Crippen molar-refractivity contribution in [3.8, 4) is 11.5 Å². The summed E-state index contributed by atoms with van der Waals surface area (Å²) in [5.41, 5.74) is 2.49. The normalized spacial score (nSPS) is 17.3. The molecule has 0 unspecified atom stereocenters. The summed E-state index contributed by atoms with van der Waals surface area (Å²) in [5.74, 6) is 1.66. The molecule has 1 saturated heterocycles. The molecule has 1 aliphatic rings. The van der Waals surface area contributed by atoms with Crippen molar-refractivity contribution in [2.24, 2.45) is 0 Å². The number of hydrogen-bond acceptors (Lipinski definition) is 6. The van der Waals surface area contributed by atoms with E-state index in [1.807, 2.05) is 6.07 Å². The molecule has 0 N–H and O–H groups in total. The number of ether oxygens (including phenoxy) is 2. The number of methoxy groups -OCH3 is 1. The van der Waals surface area contributed by atoms with Gasteiger partial charge in [-0.15, -0.1) is 11.3 Å². The monoisotopic (exact) mass is 403 g/mol. The molecule has 0 radical (unpaired) electrons. The predicted molar refractivity (Wildman–Crippen MR) is 115 cm³/mol. The molecule has 1 aromatic carbocycles. The Labute approximate surface area is 173 Å². The van der Waals surface area contributed by atoms with E-state index in [1.54, 1.807) is 18.4 Å². The fourth-order valence-corrected chi connectivity index (χ4v) is 4.12. The minimum atomic E-state index is 0.185. The number of benzene rings is 1. The summed E-state index contributed by atoms with van der Waals surface area (Å²) in [5, 5.41) is 3.34. The van der Waals surface area contributed by atoms with Crippen molar-refractivity contribution in [3.63, 3.8) is 0 Å². The van der Waals surface area contributed by atoms with Crippen LogP contribution in [-0.2, 0) is 13.1 Å². The van der Waals surface area contributed by atoms with Crippen molar-refractivity contribution in [2.45, 2.75) is 52.8 Å². The molecule has 5 nitrogen and oxygen atoms in total. The second-order valence-corrected chi connectivity index (χ2v) is 8.65. The van der Waals surface area contributed by atoms with Crippen LogP contribution in [0.2, 0.25) is 0 Å². The Hall–Kier alpha value is -1.63. The zero-order chi connectivity index (χ0) is 19.9. The Balaban J connectivity index is 1.58. The number of rotatable bonds is 8. The summed E-state index contributed by atoms with van der Waals surface area (Å²) in [6.07, 6.45) is 2.36. The smallest absolute Gasteiger partial charge is 0.161 e. The van der Waals surface area contributed by atoms with Crippen LogP contribution < -0.4 is 9.47 Å². The van der Waals surface area contributed by atoms with Crippen LogP contribution in [0.1, 0.15) is 43.0 Å². The van der Waals surface area contributed by atoms with E-state index >= 15 is 0 Å². The highest BCUT2D eigenvalue weighted by atomic mass is 32.1. The Morgan fingerprint density at radius 2 is 1.86 bits per heavy atom. The summed E-state index contributed by atoms with van der Waals surface area (Å²) < 4.78 is 11.5. The second kappa shape index (κ2) is 10.2. The van der Waals surface area contributed by atoms with Gasteiger partial charge in [-0.2, -0.15) is 0 Å². The van der Waals surface area contributed by atoms with Crippen LogP contribution in [0.15, 0.2) is 23.6 Å². The summed E-state index contributed by atoms with van der Waals surface area (Å²) in [4.78, 5) is 9.69. The van der Waals surface area contributed by atoms with Crippen molar-refractivity contribution >= 4 is 11.3 Å². The third-order valence-electron chi connectivity index (χ3n) is 5.27. The Morgan fingerprint density at radius 1 is 1.11 bits per heavy atom. The molecule has 0 spiro atoms. The molecular weight excluding hydrogens is 370 g/mol. The van der Waals surface area contributed by atoms with E-state index < -0.39 is 0 Å². The van der Waals surface area contributed by atoms with E-state index in [9.17, 15) is 0 Å². The first kappa shape index (κ1) is 21.1. The molecule has 1 fully saturated rings. The number of hydrogen-bond donors (Lipinski definition) is 0. The van der Waals surface area contributed by atoms with Gasteiger partial charge in [0.05, 0.1) is 23.9 Å². The minimum absolute atomic E-state index is 0.185. The van der Waals surface area contributed by atoms with Gasteiger partial charge in [0.15, 0.2) is 11.5 Å². The van der Waals surface area contributed by atoms with E-state index in [1.165, 1.54) is 17.7 Å². The van der Waals surface area contributed by atoms with Crippen LogP contribution >= 0.6 is 11.3 Å². The van der Waals surface area contributed by atoms with Gasteiger partial charge in [-0.3, -0.25) is 9.80 Å². The van der Waals surface area contributed by atoms with Gasteiger partial charge in [-0.05, 0) is 57.5 Å². The molecule has 28 heavy (non-hydrogen) atoms. The van der Waals surface area contributed by atoms with E-state index in [-0.39, 0.29) is 6.10 Å². The molecule has 3 rings (SSSR count). The van der Waals surface area contributed by atoms with Crippen molar-refractivity contribution < 1.29 is 9.47 Å². The maximum Gasteiger partial charge on any atom is 0.161 e. The van der Waals surface area contributed by atoms with Crippen LogP contribution in [-0.4, -0.2) is 54.2 Å². The lowest BCUT2D eigenvalue weighted by atomic mass is 10.1. The molecule has 6 heteroatoms. The van der Waals surface area contributed by atoms with Gasteiger partial charge < -0.3 is 9.47 Å². The van der Waals surface area contributed by atoms with Crippen molar-refractivity contribution in [3.05, 3.63) is 39.8 Å². The molecular formula is C22H33N3O2S. The molecule has 1 atom stereocenters. The van der Waals surface area contributed by atoms with Crippen molar-refractivity contribution in [2.75, 3.05) is 33.3 Å². The molecule has 0 bridgehead atoms. The van der Waals surface area contributed by atoms with Crippen LogP contribution in [0.25, 0.3) is 0 Å². The molecule has 2 heterocycles. The predicted octanol–water partition coefficient (Wildman–Crippen LogP) is 4.35. The van der Waals surface area contributed by atoms with Gasteiger partial charge in [-0.1, -0.05) is 13.0 Å². The van der Waals surface area contributed by atoms with Crippen molar-refractivity contribution in [1.29, 1.82) is 0 Å².